The fourth-order valence-electron chi connectivity index (χ4n) is 1.27. The summed E-state index contributed by atoms with van der Waals surface area (Å²) in [5.74, 6) is 0.428. The molecule has 0 aliphatic heterocycles. The maximum absolute atomic E-state index is 5.45. The van der Waals surface area contributed by atoms with Crippen LogP contribution >= 0.6 is 0 Å². The van der Waals surface area contributed by atoms with Crippen molar-refractivity contribution in [3.8, 4) is 0 Å². The Bertz CT molecular complexity index is 421. The van der Waals surface area contributed by atoms with Gasteiger partial charge in [-0.1, -0.05) is 5.21 Å². The van der Waals surface area contributed by atoms with Gasteiger partial charge in [0, 0.05) is 12.7 Å². The Balaban J connectivity index is 2.18. The third kappa shape index (κ3) is 1.59. The number of aromatic nitrogens is 5. The molecule has 6 heteroatoms. The molecule has 14 heavy (non-hydrogen) atoms. The molecular formula is C8H12N6. The Morgan fingerprint density at radius 1 is 1.50 bits per heavy atom. The average Bonchev–Trinajstić information content (AvgIpc) is 2.62. The van der Waals surface area contributed by atoms with Gasteiger partial charge in [0.25, 0.3) is 0 Å². The van der Waals surface area contributed by atoms with Crippen LogP contribution in [0, 0.1) is 6.92 Å². The number of nitrogens with two attached hydrogens (primary N) is 1. The van der Waals surface area contributed by atoms with Gasteiger partial charge in [0.1, 0.15) is 0 Å². The lowest BCUT2D eigenvalue weighted by Crippen LogP contribution is -2.02. The first-order chi connectivity index (χ1) is 6.65. The van der Waals surface area contributed by atoms with E-state index in [0.29, 0.717) is 12.4 Å². The van der Waals surface area contributed by atoms with Gasteiger partial charge in [-0.15, -0.1) is 5.10 Å². The summed E-state index contributed by atoms with van der Waals surface area (Å²) in [4.78, 5) is 0. The van der Waals surface area contributed by atoms with Crippen molar-refractivity contribution in [1.82, 2.24) is 24.8 Å². The number of nitrogen functional groups attached to an aromatic ring is 1. The molecule has 0 aliphatic rings. The van der Waals surface area contributed by atoms with Crippen LogP contribution in [0.1, 0.15) is 11.4 Å². The second-order valence-electron chi connectivity index (χ2n) is 3.24. The summed E-state index contributed by atoms with van der Waals surface area (Å²) in [7, 11) is 1.91. The van der Waals surface area contributed by atoms with Gasteiger partial charge in [-0.25, -0.2) is 4.68 Å². The first-order valence-electron chi connectivity index (χ1n) is 4.30. The number of aryl methyl sites for hydroxylation is 2. The third-order valence-corrected chi connectivity index (χ3v) is 2.04. The molecule has 0 atom stereocenters. The Hall–Kier alpha value is -1.85. The van der Waals surface area contributed by atoms with Crippen molar-refractivity contribution < 1.29 is 0 Å². The number of hydrogen-bond donors (Lipinski definition) is 1. The normalized spacial score (nSPS) is 10.7. The number of anilines is 1. The third-order valence-electron chi connectivity index (χ3n) is 2.04. The van der Waals surface area contributed by atoms with Gasteiger partial charge in [-0.2, -0.15) is 5.10 Å². The van der Waals surface area contributed by atoms with Crippen LogP contribution in [0.5, 0.6) is 0 Å². The fraction of sp³-hybridized carbons (Fsp3) is 0.375. The highest BCUT2D eigenvalue weighted by Crippen LogP contribution is 2.03. The maximum Gasteiger partial charge on any atom is 0.165 e. The summed E-state index contributed by atoms with van der Waals surface area (Å²) >= 11 is 0. The van der Waals surface area contributed by atoms with E-state index in [2.05, 4.69) is 15.4 Å². The zero-order chi connectivity index (χ0) is 10.1. The van der Waals surface area contributed by atoms with E-state index in [1.165, 1.54) is 0 Å². The van der Waals surface area contributed by atoms with E-state index in [0.717, 1.165) is 11.4 Å². The summed E-state index contributed by atoms with van der Waals surface area (Å²) < 4.78 is 3.49. The van der Waals surface area contributed by atoms with E-state index in [-0.39, 0.29) is 0 Å². The van der Waals surface area contributed by atoms with Crippen LogP contribution in [0.25, 0.3) is 0 Å². The SMILES string of the molecule is Cc1cc(Cn2cc(N)nn2)nn1C. The van der Waals surface area contributed by atoms with Crippen molar-refractivity contribution in [2.24, 2.45) is 7.05 Å². The minimum atomic E-state index is 0.428. The van der Waals surface area contributed by atoms with Gasteiger partial charge in [-0.3, -0.25) is 4.68 Å². The van der Waals surface area contributed by atoms with Gasteiger partial charge in [0.2, 0.25) is 0 Å². The fourth-order valence-corrected chi connectivity index (χ4v) is 1.27. The van der Waals surface area contributed by atoms with Gasteiger partial charge < -0.3 is 5.73 Å². The largest absolute Gasteiger partial charge is 0.381 e. The van der Waals surface area contributed by atoms with Crippen LogP contribution in [-0.4, -0.2) is 24.8 Å². The van der Waals surface area contributed by atoms with E-state index in [1.54, 1.807) is 10.9 Å². The molecule has 0 aliphatic carbocycles. The van der Waals surface area contributed by atoms with Crippen LogP contribution in [0.4, 0.5) is 5.82 Å². The van der Waals surface area contributed by atoms with E-state index < -0.39 is 0 Å². The molecule has 2 aromatic rings. The zero-order valence-electron chi connectivity index (χ0n) is 8.18. The number of hydrogen-bond acceptors (Lipinski definition) is 4. The topological polar surface area (TPSA) is 74.6 Å². The second-order valence-corrected chi connectivity index (χ2v) is 3.24. The summed E-state index contributed by atoms with van der Waals surface area (Å²) in [6.45, 7) is 2.61. The zero-order valence-corrected chi connectivity index (χ0v) is 8.18. The molecular weight excluding hydrogens is 180 g/mol. The van der Waals surface area contributed by atoms with Crippen molar-refractivity contribution in [3.05, 3.63) is 23.7 Å². The van der Waals surface area contributed by atoms with E-state index in [1.807, 2.05) is 24.7 Å². The van der Waals surface area contributed by atoms with Gasteiger partial charge in [0.15, 0.2) is 5.82 Å². The van der Waals surface area contributed by atoms with E-state index in [4.69, 9.17) is 5.73 Å². The lowest BCUT2D eigenvalue weighted by Gasteiger charge is -1.94. The van der Waals surface area contributed by atoms with Gasteiger partial charge >= 0.3 is 0 Å². The average molecular weight is 192 g/mol. The minimum Gasteiger partial charge on any atom is -0.381 e. The summed E-state index contributed by atoms with van der Waals surface area (Å²) in [6, 6.07) is 2.01. The highest BCUT2D eigenvalue weighted by atomic mass is 15.4. The Morgan fingerprint density at radius 3 is 2.79 bits per heavy atom. The lowest BCUT2D eigenvalue weighted by atomic mass is 10.4. The Morgan fingerprint density at radius 2 is 2.29 bits per heavy atom. The molecule has 0 aromatic carbocycles. The molecule has 0 bridgehead atoms. The second kappa shape index (κ2) is 3.13. The Labute approximate surface area is 81.3 Å². The predicted molar refractivity (Wildman–Crippen MR) is 51.5 cm³/mol. The van der Waals surface area contributed by atoms with Crippen LogP contribution in [0.15, 0.2) is 12.3 Å². The van der Waals surface area contributed by atoms with Crippen molar-refractivity contribution in [2.75, 3.05) is 5.73 Å². The predicted octanol–water partition coefficient (Wildman–Crippen LogP) is -0.0495. The smallest absolute Gasteiger partial charge is 0.165 e. The molecule has 0 saturated heterocycles. The van der Waals surface area contributed by atoms with Crippen LogP contribution < -0.4 is 5.73 Å². The molecule has 0 spiro atoms. The van der Waals surface area contributed by atoms with Gasteiger partial charge in [-0.05, 0) is 13.0 Å². The highest BCUT2D eigenvalue weighted by Gasteiger charge is 2.03. The summed E-state index contributed by atoms with van der Waals surface area (Å²) in [6.07, 6.45) is 1.68. The molecule has 2 rings (SSSR count). The number of nitrogens with zero attached hydrogens (tertiary/aromatic N) is 5. The summed E-state index contributed by atoms with van der Waals surface area (Å²) in [5, 5.41) is 11.8. The molecule has 0 amide bonds. The Kier molecular flexibility index (Phi) is 1.95. The monoisotopic (exact) mass is 192 g/mol. The van der Waals surface area contributed by atoms with Crippen LogP contribution in [0.2, 0.25) is 0 Å². The molecule has 2 aromatic heterocycles. The minimum absolute atomic E-state index is 0.428. The molecule has 0 unspecified atom stereocenters. The maximum atomic E-state index is 5.45. The van der Waals surface area contributed by atoms with E-state index in [9.17, 15) is 0 Å². The van der Waals surface area contributed by atoms with Crippen molar-refractivity contribution in [1.29, 1.82) is 0 Å². The molecule has 0 saturated carbocycles. The van der Waals surface area contributed by atoms with Crippen molar-refractivity contribution >= 4 is 5.82 Å². The first kappa shape index (κ1) is 8.74. The van der Waals surface area contributed by atoms with Crippen LogP contribution in [-0.2, 0) is 13.6 Å². The van der Waals surface area contributed by atoms with Gasteiger partial charge in [0.05, 0.1) is 18.4 Å². The highest BCUT2D eigenvalue weighted by molar-refractivity contribution is 5.20. The molecule has 0 radical (unpaired) electrons. The standard InChI is InChI=1S/C8H12N6/c1-6-3-7(11-13(6)2)4-14-5-8(9)10-12-14/h3,5H,4,9H2,1-2H3. The lowest BCUT2D eigenvalue weighted by molar-refractivity contribution is 0.622. The van der Waals surface area contributed by atoms with Crippen LogP contribution in [0.3, 0.4) is 0 Å². The molecule has 74 valence electrons. The van der Waals surface area contributed by atoms with Crippen molar-refractivity contribution in [2.45, 2.75) is 13.5 Å². The molecule has 2 heterocycles. The number of rotatable bonds is 2. The first-order valence-corrected chi connectivity index (χ1v) is 4.30. The summed E-state index contributed by atoms with van der Waals surface area (Å²) in [5.41, 5.74) is 7.52. The molecule has 6 nitrogen and oxygen atoms in total. The van der Waals surface area contributed by atoms with E-state index >= 15 is 0 Å². The quantitative estimate of drug-likeness (QED) is 0.724. The molecule has 2 N–H and O–H groups in total. The molecule has 0 fully saturated rings. The van der Waals surface area contributed by atoms with Crippen molar-refractivity contribution in [3.63, 3.8) is 0 Å².